The third kappa shape index (κ3) is 12.7. The van der Waals surface area contributed by atoms with E-state index in [4.69, 9.17) is 59.2 Å². The van der Waals surface area contributed by atoms with Crippen molar-refractivity contribution in [2.24, 2.45) is 11.5 Å². The lowest BCUT2D eigenvalue weighted by Gasteiger charge is -2.40. The van der Waals surface area contributed by atoms with Crippen LogP contribution in [0, 0.1) is 0 Å². The van der Waals surface area contributed by atoms with Crippen molar-refractivity contribution in [3.63, 3.8) is 0 Å². The van der Waals surface area contributed by atoms with E-state index >= 15 is 0 Å². The Hall–Kier alpha value is -3.14. The van der Waals surface area contributed by atoms with Crippen molar-refractivity contribution < 1.29 is 47.7 Å². The molecule has 0 amide bonds. The molecule has 0 saturated heterocycles. The van der Waals surface area contributed by atoms with Gasteiger partial charge in [0, 0.05) is 6.54 Å². The minimum atomic E-state index is -1.08. The number of hydrogen-bond acceptors (Lipinski definition) is 12. The number of rotatable bonds is 27. The van der Waals surface area contributed by atoms with Gasteiger partial charge in [0.1, 0.15) is 29.4 Å². The average Bonchev–Trinajstić information content (AvgIpc) is 3.14. The van der Waals surface area contributed by atoms with Gasteiger partial charge < -0.3 is 59.2 Å². The Morgan fingerprint density at radius 3 is 1.35 bits per heavy atom. The van der Waals surface area contributed by atoms with Crippen LogP contribution in [-0.4, -0.2) is 117 Å². The van der Waals surface area contributed by atoms with Crippen LogP contribution < -0.4 is 20.9 Å². The van der Waals surface area contributed by atoms with Crippen molar-refractivity contribution in [1.29, 1.82) is 0 Å². The summed E-state index contributed by atoms with van der Waals surface area (Å²) in [5, 5.41) is 8.64. The molecule has 12 nitrogen and oxygen atoms in total. The molecule has 0 aliphatic heterocycles. The highest BCUT2D eigenvalue weighted by atomic mass is 16.6. The van der Waals surface area contributed by atoms with E-state index in [1.165, 1.54) is 0 Å². The molecule has 0 aromatic heterocycles. The molecule has 0 radical (unpaired) electrons. The maximum Gasteiger partial charge on any atom is 0.144 e. The van der Waals surface area contributed by atoms with Gasteiger partial charge in [-0.05, 0) is 41.0 Å². The predicted octanol–water partition coefficient (Wildman–Crippen LogP) is 2.72. The van der Waals surface area contributed by atoms with Gasteiger partial charge in [0.2, 0.25) is 0 Å². The van der Waals surface area contributed by atoms with E-state index < -0.39 is 17.9 Å². The van der Waals surface area contributed by atoms with E-state index in [1.54, 1.807) is 14.2 Å². The minimum Gasteiger partial charge on any atom is -0.497 e. The Balaban J connectivity index is 1.51. The fourth-order valence-corrected chi connectivity index (χ4v) is 4.90. The second kappa shape index (κ2) is 23.3. The largest absolute Gasteiger partial charge is 0.497 e. The molecular formula is C36H52N2O10. The molecule has 0 bridgehead atoms. The standard InChI is InChI=1S/C36H52N2O10/c1-40-32-12-8-30(9-13-32)36(29-6-4-3-5-7-29,31-10-14-33(41-2)15-11-31)48-34(28-37)35(38)47-27-26-46-25-24-45-23-22-44-21-20-43-19-18-42-17-16-39/h3-15,34-35,39H,16-28,37-38H2,1-2H3. The van der Waals surface area contributed by atoms with Crippen LogP contribution in [0.3, 0.4) is 0 Å². The third-order valence-electron chi connectivity index (χ3n) is 7.36. The Labute approximate surface area is 284 Å². The molecule has 0 spiro atoms. The highest BCUT2D eigenvalue weighted by Crippen LogP contribution is 2.42. The van der Waals surface area contributed by atoms with Crippen LogP contribution in [0.5, 0.6) is 11.5 Å². The highest BCUT2D eigenvalue weighted by Gasteiger charge is 2.41. The van der Waals surface area contributed by atoms with E-state index in [2.05, 4.69) is 0 Å². The molecule has 266 valence electrons. The monoisotopic (exact) mass is 672 g/mol. The molecule has 0 aliphatic carbocycles. The number of aliphatic hydroxyl groups excluding tert-OH is 1. The van der Waals surface area contributed by atoms with Crippen molar-refractivity contribution in [1.82, 2.24) is 0 Å². The van der Waals surface area contributed by atoms with Crippen molar-refractivity contribution in [2.45, 2.75) is 17.9 Å². The Kier molecular flexibility index (Phi) is 19.0. The number of benzene rings is 3. The quantitative estimate of drug-likeness (QED) is 0.0620. The van der Waals surface area contributed by atoms with Gasteiger partial charge in [-0.25, -0.2) is 0 Å². The maximum atomic E-state index is 8.64. The van der Waals surface area contributed by atoms with Crippen LogP contribution >= 0.6 is 0 Å². The molecular weight excluding hydrogens is 620 g/mol. The summed E-state index contributed by atoms with van der Waals surface area (Å²) in [5.74, 6) is 1.45. The summed E-state index contributed by atoms with van der Waals surface area (Å²) in [4.78, 5) is 0. The smallest absolute Gasteiger partial charge is 0.144 e. The van der Waals surface area contributed by atoms with Crippen molar-refractivity contribution in [2.75, 3.05) is 100 Å². The average molecular weight is 673 g/mol. The molecule has 3 rings (SSSR count). The lowest BCUT2D eigenvalue weighted by molar-refractivity contribution is -0.122. The first kappa shape index (κ1) is 39.3. The zero-order valence-electron chi connectivity index (χ0n) is 28.1. The Morgan fingerprint density at radius 2 is 0.958 bits per heavy atom. The zero-order chi connectivity index (χ0) is 34.3. The molecule has 3 aromatic carbocycles. The van der Waals surface area contributed by atoms with Crippen LogP contribution in [0.4, 0.5) is 0 Å². The second-order valence-corrected chi connectivity index (χ2v) is 10.5. The topological polar surface area (TPSA) is 155 Å². The SMILES string of the molecule is COc1ccc(C(OC(CN)C(N)OCCOCCOCCOCCOCCOCCO)(c2ccccc2)c2ccc(OC)cc2)cc1. The van der Waals surface area contributed by atoms with Crippen LogP contribution in [0.1, 0.15) is 16.7 Å². The molecule has 5 N–H and O–H groups in total. The van der Waals surface area contributed by atoms with Crippen LogP contribution in [0.2, 0.25) is 0 Å². The molecule has 3 aromatic rings. The molecule has 0 heterocycles. The van der Waals surface area contributed by atoms with Crippen LogP contribution in [0.15, 0.2) is 78.9 Å². The first-order chi connectivity index (χ1) is 23.6. The van der Waals surface area contributed by atoms with Crippen molar-refractivity contribution in [3.05, 3.63) is 95.6 Å². The first-order valence-electron chi connectivity index (χ1n) is 16.2. The van der Waals surface area contributed by atoms with Gasteiger partial charge in [-0.15, -0.1) is 0 Å². The van der Waals surface area contributed by atoms with Crippen molar-refractivity contribution in [3.8, 4) is 11.5 Å². The summed E-state index contributed by atoms with van der Waals surface area (Å²) >= 11 is 0. The summed E-state index contributed by atoms with van der Waals surface area (Å²) in [6.45, 7) is 4.61. The number of hydrogen-bond donors (Lipinski definition) is 3. The molecule has 48 heavy (non-hydrogen) atoms. The van der Waals surface area contributed by atoms with E-state index in [1.807, 2.05) is 78.9 Å². The molecule has 2 atom stereocenters. The first-order valence-corrected chi connectivity index (χ1v) is 16.2. The zero-order valence-corrected chi connectivity index (χ0v) is 28.1. The fourth-order valence-electron chi connectivity index (χ4n) is 4.90. The second-order valence-electron chi connectivity index (χ2n) is 10.5. The van der Waals surface area contributed by atoms with Gasteiger partial charge in [0.05, 0.1) is 93.5 Å². The Morgan fingerprint density at radius 1 is 0.562 bits per heavy atom. The Bertz CT molecular complexity index is 1170. The van der Waals surface area contributed by atoms with E-state index in [0.717, 1.165) is 28.2 Å². The van der Waals surface area contributed by atoms with Crippen LogP contribution in [-0.2, 0) is 38.8 Å². The van der Waals surface area contributed by atoms with E-state index in [0.29, 0.717) is 66.1 Å². The summed E-state index contributed by atoms with van der Waals surface area (Å²) in [6.07, 6.45) is -1.51. The highest BCUT2D eigenvalue weighted by molar-refractivity contribution is 5.49. The lowest BCUT2D eigenvalue weighted by atomic mass is 9.79. The van der Waals surface area contributed by atoms with Gasteiger partial charge >= 0.3 is 0 Å². The normalized spacial score (nSPS) is 12.9. The predicted molar refractivity (Wildman–Crippen MR) is 181 cm³/mol. The number of aliphatic hydroxyl groups is 1. The van der Waals surface area contributed by atoms with Gasteiger partial charge in [-0.2, -0.15) is 0 Å². The summed E-state index contributed by atoms with van der Waals surface area (Å²) in [6, 6.07) is 25.5. The number of nitrogens with two attached hydrogens (primary N) is 2. The van der Waals surface area contributed by atoms with E-state index in [9.17, 15) is 0 Å². The van der Waals surface area contributed by atoms with Gasteiger partial charge in [0.25, 0.3) is 0 Å². The minimum absolute atomic E-state index is 0.0101. The summed E-state index contributed by atoms with van der Waals surface area (Å²) in [5.41, 5.74) is 14.4. The fraction of sp³-hybridized carbons (Fsp3) is 0.500. The molecule has 0 aliphatic rings. The lowest BCUT2D eigenvalue weighted by Crippen LogP contribution is -2.49. The van der Waals surface area contributed by atoms with Gasteiger partial charge in [0.15, 0.2) is 0 Å². The van der Waals surface area contributed by atoms with Gasteiger partial charge in [-0.1, -0.05) is 54.6 Å². The van der Waals surface area contributed by atoms with Crippen molar-refractivity contribution >= 4 is 0 Å². The molecule has 0 fully saturated rings. The summed E-state index contributed by atoms with van der Waals surface area (Å²) in [7, 11) is 3.27. The van der Waals surface area contributed by atoms with Crippen LogP contribution in [0.25, 0.3) is 0 Å². The molecule has 0 saturated carbocycles. The molecule has 12 heteroatoms. The maximum absolute atomic E-state index is 8.64. The number of ether oxygens (including phenoxy) is 9. The van der Waals surface area contributed by atoms with Gasteiger partial charge in [-0.3, -0.25) is 0 Å². The number of methoxy groups -OCH3 is 2. The summed E-state index contributed by atoms with van der Waals surface area (Å²) < 4.78 is 51.0. The third-order valence-corrected chi connectivity index (χ3v) is 7.36. The molecule has 2 unspecified atom stereocenters. The van der Waals surface area contributed by atoms with E-state index in [-0.39, 0.29) is 19.8 Å².